The molecule has 0 fully saturated rings. The van der Waals surface area contributed by atoms with Gasteiger partial charge in [-0.15, -0.1) is 5.10 Å². The van der Waals surface area contributed by atoms with Gasteiger partial charge in [-0.2, -0.15) is 0 Å². The summed E-state index contributed by atoms with van der Waals surface area (Å²) in [5, 5.41) is 18.5. The van der Waals surface area contributed by atoms with Gasteiger partial charge >= 0.3 is 0 Å². The third-order valence-corrected chi connectivity index (χ3v) is 4.30. The summed E-state index contributed by atoms with van der Waals surface area (Å²) in [6.07, 6.45) is 0. The van der Waals surface area contributed by atoms with Crippen molar-refractivity contribution < 1.29 is 4.92 Å². The summed E-state index contributed by atoms with van der Waals surface area (Å²) in [6, 6.07) is 14.5. The molecule has 0 unspecified atom stereocenters. The third-order valence-electron chi connectivity index (χ3n) is 3.38. The summed E-state index contributed by atoms with van der Waals surface area (Å²) >= 11 is 1.49. The van der Waals surface area contributed by atoms with Crippen LogP contribution in [0.25, 0.3) is 11.4 Å². The normalized spacial score (nSPS) is 10.7. The molecule has 1 heterocycles. The van der Waals surface area contributed by atoms with E-state index in [0.29, 0.717) is 10.9 Å². The van der Waals surface area contributed by atoms with Gasteiger partial charge in [0.25, 0.3) is 5.69 Å². The molecule has 2 aromatic carbocycles. The van der Waals surface area contributed by atoms with Crippen LogP contribution in [-0.4, -0.2) is 20.1 Å². The molecular weight excluding hydrogens is 312 g/mol. The second-order valence-corrected chi connectivity index (χ2v) is 5.94. The predicted octanol–water partition coefficient (Wildman–Crippen LogP) is 3.98. The van der Waals surface area contributed by atoms with Gasteiger partial charge in [-0.3, -0.25) is 15.2 Å². The Labute approximate surface area is 137 Å². The van der Waals surface area contributed by atoms with Crippen molar-refractivity contribution in [2.24, 2.45) is 0 Å². The van der Waals surface area contributed by atoms with Crippen LogP contribution in [0.1, 0.15) is 11.1 Å². The summed E-state index contributed by atoms with van der Waals surface area (Å²) in [4.78, 5) is 14.7. The van der Waals surface area contributed by atoms with Crippen molar-refractivity contribution in [2.45, 2.75) is 17.8 Å². The van der Waals surface area contributed by atoms with E-state index in [9.17, 15) is 10.1 Å². The molecule has 116 valence electrons. The van der Waals surface area contributed by atoms with Crippen LogP contribution in [0.15, 0.2) is 53.7 Å². The van der Waals surface area contributed by atoms with Crippen LogP contribution in [-0.2, 0) is 5.75 Å². The molecule has 0 saturated heterocycles. The first-order chi connectivity index (χ1) is 11.1. The van der Waals surface area contributed by atoms with E-state index in [2.05, 4.69) is 15.2 Å². The molecule has 3 rings (SSSR count). The maximum atomic E-state index is 10.6. The highest BCUT2D eigenvalue weighted by atomic mass is 32.2. The molecule has 1 N–H and O–H groups in total. The Hall–Kier alpha value is -2.67. The van der Waals surface area contributed by atoms with Crippen LogP contribution in [0.4, 0.5) is 5.69 Å². The Kier molecular flexibility index (Phi) is 4.38. The van der Waals surface area contributed by atoms with E-state index in [-0.39, 0.29) is 5.69 Å². The van der Waals surface area contributed by atoms with E-state index < -0.39 is 4.92 Å². The second kappa shape index (κ2) is 6.62. The van der Waals surface area contributed by atoms with Gasteiger partial charge in [-0.1, -0.05) is 48.2 Å². The summed E-state index contributed by atoms with van der Waals surface area (Å²) in [5.41, 5.74) is 3.25. The van der Waals surface area contributed by atoms with E-state index in [1.165, 1.54) is 23.9 Å². The van der Waals surface area contributed by atoms with Crippen LogP contribution in [0, 0.1) is 17.0 Å². The van der Waals surface area contributed by atoms with E-state index in [1.54, 1.807) is 12.1 Å². The molecule has 0 aliphatic heterocycles. The quantitative estimate of drug-likeness (QED) is 0.435. The molecule has 0 radical (unpaired) electrons. The van der Waals surface area contributed by atoms with Gasteiger partial charge in [0.2, 0.25) is 5.16 Å². The monoisotopic (exact) mass is 326 g/mol. The number of hydrogen-bond acceptors (Lipinski definition) is 5. The Balaban J connectivity index is 1.68. The number of nitro benzene ring substituents is 1. The number of benzene rings is 2. The number of nitrogens with zero attached hydrogens (tertiary/aromatic N) is 3. The van der Waals surface area contributed by atoms with E-state index in [4.69, 9.17) is 0 Å². The molecule has 1 aromatic heterocycles. The Morgan fingerprint density at radius 3 is 2.61 bits per heavy atom. The van der Waals surface area contributed by atoms with Crippen LogP contribution in [0.3, 0.4) is 0 Å². The Bertz CT molecular complexity index is 830. The molecule has 0 bridgehead atoms. The second-order valence-electron chi connectivity index (χ2n) is 4.99. The fraction of sp³-hybridized carbons (Fsp3) is 0.125. The van der Waals surface area contributed by atoms with Gasteiger partial charge < -0.3 is 0 Å². The number of aromatic amines is 1. The lowest BCUT2D eigenvalue weighted by Crippen LogP contribution is -1.88. The number of rotatable bonds is 5. The standard InChI is InChI=1S/C16H14N4O2S/c1-11-4-2-3-5-14(11)15-17-16(19-18-15)23-10-12-6-8-13(9-7-12)20(21)22/h2-9H,10H2,1H3,(H,17,18,19). The third kappa shape index (κ3) is 3.57. The number of hydrogen-bond donors (Lipinski definition) is 1. The van der Waals surface area contributed by atoms with Gasteiger partial charge in [0, 0.05) is 23.4 Å². The van der Waals surface area contributed by atoms with Crippen molar-refractivity contribution >= 4 is 17.4 Å². The average molecular weight is 326 g/mol. The minimum absolute atomic E-state index is 0.0958. The lowest BCUT2D eigenvalue weighted by atomic mass is 10.1. The SMILES string of the molecule is Cc1ccccc1-c1nc(SCc2ccc([N+](=O)[O-])cc2)n[nH]1. The minimum atomic E-state index is -0.402. The van der Waals surface area contributed by atoms with Gasteiger partial charge in [-0.25, -0.2) is 4.98 Å². The maximum Gasteiger partial charge on any atom is 0.269 e. The van der Waals surface area contributed by atoms with E-state index in [1.807, 2.05) is 31.2 Å². The van der Waals surface area contributed by atoms with Crippen LogP contribution < -0.4 is 0 Å². The zero-order chi connectivity index (χ0) is 16.2. The number of non-ortho nitro benzene ring substituents is 1. The van der Waals surface area contributed by atoms with Crippen molar-refractivity contribution in [3.63, 3.8) is 0 Å². The Morgan fingerprint density at radius 1 is 1.17 bits per heavy atom. The van der Waals surface area contributed by atoms with Crippen molar-refractivity contribution in [3.8, 4) is 11.4 Å². The summed E-state index contributed by atoms with van der Waals surface area (Å²) in [5.74, 6) is 1.40. The number of aromatic nitrogens is 3. The molecule has 6 nitrogen and oxygen atoms in total. The average Bonchev–Trinajstić information content (AvgIpc) is 3.02. The van der Waals surface area contributed by atoms with Crippen molar-refractivity contribution in [3.05, 3.63) is 69.8 Å². The number of H-pyrrole nitrogens is 1. The smallest absolute Gasteiger partial charge is 0.258 e. The molecule has 0 amide bonds. The van der Waals surface area contributed by atoms with Crippen molar-refractivity contribution in [1.29, 1.82) is 0 Å². The minimum Gasteiger partial charge on any atom is -0.258 e. The number of thioether (sulfide) groups is 1. The molecule has 7 heteroatoms. The summed E-state index contributed by atoms with van der Waals surface area (Å²) in [7, 11) is 0. The highest BCUT2D eigenvalue weighted by molar-refractivity contribution is 7.98. The number of aryl methyl sites for hydroxylation is 1. The highest BCUT2D eigenvalue weighted by Crippen LogP contribution is 2.24. The van der Waals surface area contributed by atoms with Crippen LogP contribution >= 0.6 is 11.8 Å². The first kappa shape index (κ1) is 15.2. The number of nitro groups is 1. The molecule has 23 heavy (non-hydrogen) atoms. The first-order valence-corrected chi connectivity index (χ1v) is 7.96. The number of nitrogens with one attached hydrogen (secondary N) is 1. The lowest BCUT2D eigenvalue weighted by molar-refractivity contribution is -0.384. The van der Waals surface area contributed by atoms with Crippen LogP contribution in [0.5, 0.6) is 0 Å². The highest BCUT2D eigenvalue weighted by Gasteiger charge is 2.09. The van der Waals surface area contributed by atoms with Gasteiger partial charge in [0.15, 0.2) is 5.82 Å². The van der Waals surface area contributed by atoms with E-state index in [0.717, 1.165) is 22.5 Å². The van der Waals surface area contributed by atoms with Gasteiger partial charge in [-0.05, 0) is 18.1 Å². The summed E-state index contributed by atoms with van der Waals surface area (Å²) < 4.78 is 0. The Morgan fingerprint density at radius 2 is 1.91 bits per heavy atom. The fourth-order valence-corrected chi connectivity index (χ4v) is 2.89. The largest absolute Gasteiger partial charge is 0.269 e. The topological polar surface area (TPSA) is 84.7 Å². The zero-order valence-electron chi connectivity index (χ0n) is 12.4. The predicted molar refractivity (Wildman–Crippen MR) is 89.2 cm³/mol. The molecule has 0 aliphatic rings. The first-order valence-electron chi connectivity index (χ1n) is 6.98. The molecule has 0 aliphatic carbocycles. The van der Waals surface area contributed by atoms with Gasteiger partial charge in [0.05, 0.1) is 4.92 Å². The molecular formula is C16H14N4O2S. The molecule has 0 spiro atoms. The maximum absolute atomic E-state index is 10.6. The molecule has 3 aromatic rings. The van der Waals surface area contributed by atoms with Crippen molar-refractivity contribution in [2.75, 3.05) is 0 Å². The molecule has 0 atom stereocenters. The zero-order valence-corrected chi connectivity index (χ0v) is 13.2. The fourth-order valence-electron chi connectivity index (χ4n) is 2.13. The molecule has 0 saturated carbocycles. The van der Waals surface area contributed by atoms with Crippen molar-refractivity contribution in [1.82, 2.24) is 15.2 Å². The lowest BCUT2D eigenvalue weighted by Gasteiger charge is -2.00. The van der Waals surface area contributed by atoms with E-state index >= 15 is 0 Å². The van der Waals surface area contributed by atoms with Crippen LogP contribution in [0.2, 0.25) is 0 Å². The van der Waals surface area contributed by atoms with Gasteiger partial charge in [0.1, 0.15) is 0 Å². The summed E-state index contributed by atoms with van der Waals surface area (Å²) in [6.45, 7) is 2.03.